The van der Waals surface area contributed by atoms with Gasteiger partial charge in [-0.15, -0.1) is 6.42 Å². The molecular formula is C13H20N4O2. The maximum absolute atomic E-state index is 12.1. The number of rotatable bonds is 7. The molecule has 1 rings (SSSR count). The van der Waals surface area contributed by atoms with Gasteiger partial charge in [0.1, 0.15) is 6.61 Å². The van der Waals surface area contributed by atoms with Crippen LogP contribution in [-0.4, -0.2) is 42.6 Å². The molecule has 6 nitrogen and oxygen atoms in total. The van der Waals surface area contributed by atoms with Crippen LogP contribution in [0.1, 0.15) is 32.6 Å². The van der Waals surface area contributed by atoms with Gasteiger partial charge in [0, 0.05) is 23.9 Å². The molecule has 0 N–H and O–H groups in total. The van der Waals surface area contributed by atoms with Crippen LogP contribution in [0.25, 0.3) is 10.4 Å². The summed E-state index contributed by atoms with van der Waals surface area (Å²) in [5.41, 5.74) is 8.31. The van der Waals surface area contributed by atoms with Crippen molar-refractivity contribution in [2.24, 2.45) is 5.11 Å². The smallest absolute Gasteiger partial charge is 0.222 e. The molecule has 0 bridgehead atoms. The predicted octanol–water partition coefficient (Wildman–Crippen LogP) is 2.11. The molecule has 6 heteroatoms. The summed E-state index contributed by atoms with van der Waals surface area (Å²) in [7, 11) is 0. The van der Waals surface area contributed by atoms with Gasteiger partial charge in [0.15, 0.2) is 0 Å². The van der Waals surface area contributed by atoms with Gasteiger partial charge in [-0.2, -0.15) is 0 Å². The summed E-state index contributed by atoms with van der Waals surface area (Å²) in [6, 6.07) is -0.0108. The van der Waals surface area contributed by atoms with Crippen LogP contribution in [0.5, 0.6) is 0 Å². The molecule has 1 aliphatic rings. The summed E-state index contributed by atoms with van der Waals surface area (Å²) in [6.07, 6.45) is 8.07. The van der Waals surface area contributed by atoms with E-state index in [1.807, 2.05) is 11.8 Å². The zero-order chi connectivity index (χ0) is 14.1. The molecule has 1 heterocycles. The molecule has 0 spiro atoms. The van der Waals surface area contributed by atoms with E-state index in [0.29, 0.717) is 19.4 Å². The lowest BCUT2D eigenvalue weighted by Gasteiger charge is -2.24. The topological polar surface area (TPSA) is 78.3 Å². The second kappa shape index (κ2) is 8.41. The molecule has 1 saturated heterocycles. The Morgan fingerprint density at radius 2 is 2.53 bits per heavy atom. The van der Waals surface area contributed by atoms with E-state index in [-0.39, 0.29) is 24.6 Å². The Balaban J connectivity index is 2.37. The van der Waals surface area contributed by atoms with Gasteiger partial charge in [-0.3, -0.25) is 4.79 Å². The average molecular weight is 264 g/mol. The second-order valence-corrected chi connectivity index (χ2v) is 4.70. The molecule has 0 saturated carbocycles. The zero-order valence-corrected chi connectivity index (χ0v) is 11.3. The highest BCUT2D eigenvalue weighted by Crippen LogP contribution is 2.19. The molecule has 104 valence electrons. The van der Waals surface area contributed by atoms with Crippen molar-refractivity contribution < 1.29 is 9.53 Å². The van der Waals surface area contributed by atoms with E-state index >= 15 is 0 Å². The number of likely N-dealkylation sites (tertiary alicyclic amines) is 1. The SMILES string of the molecule is C#CCOCC1CCCN1C(=O)CCC(C)N=[N+]=[N-]. The van der Waals surface area contributed by atoms with Crippen molar-refractivity contribution in [3.63, 3.8) is 0 Å². The summed E-state index contributed by atoms with van der Waals surface area (Å²) in [6.45, 7) is 3.37. The fourth-order valence-electron chi connectivity index (χ4n) is 2.21. The highest BCUT2D eigenvalue weighted by atomic mass is 16.5. The third-order valence-electron chi connectivity index (χ3n) is 3.22. The Morgan fingerprint density at radius 1 is 1.74 bits per heavy atom. The van der Waals surface area contributed by atoms with Crippen molar-refractivity contribution in [1.82, 2.24) is 4.90 Å². The van der Waals surface area contributed by atoms with Crippen LogP contribution in [0, 0.1) is 12.3 Å². The predicted molar refractivity (Wildman–Crippen MR) is 72.2 cm³/mol. The van der Waals surface area contributed by atoms with Crippen LogP contribution in [0.2, 0.25) is 0 Å². The average Bonchev–Trinajstić information content (AvgIpc) is 2.85. The Kier molecular flexibility index (Phi) is 6.80. The van der Waals surface area contributed by atoms with Crippen LogP contribution in [-0.2, 0) is 9.53 Å². The molecule has 1 aliphatic heterocycles. The van der Waals surface area contributed by atoms with Gasteiger partial charge in [0.2, 0.25) is 5.91 Å². The van der Waals surface area contributed by atoms with Crippen molar-refractivity contribution in [1.29, 1.82) is 0 Å². The van der Waals surface area contributed by atoms with Crippen molar-refractivity contribution in [2.45, 2.75) is 44.7 Å². The molecule has 0 aromatic carbocycles. The second-order valence-electron chi connectivity index (χ2n) is 4.70. The van der Waals surface area contributed by atoms with Crippen molar-refractivity contribution in [3.05, 3.63) is 10.4 Å². The number of hydrogen-bond donors (Lipinski definition) is 0. The Hall–Kier alpha value is -1.70. The number of amides is 1. The van der Waals surface area contributed by atoms with E-state index in [4.69, 9.17) is 16.7 Å². The monoisotopic (exact) mass is 264 g/mol. The first kappa shape index (κ1) is 15.4. The standard InChI is InChI=1S/C13H20N4O2/c1-3-9-19-10-12-5-4-8-17(12)13(18)7-6-11(2)15-16-14/h1,11-12H,4-10H2,2H3. The number of terminal acetylenes is 1. The lowest BCUT2D eigenvalue weighted by molar-refractivity contribution is -0.133. The Morgan fingerprint density at radius 3 is 3.21 bits per heavy atom. The lowest BCUT2D eigenvalue weighted by atomic mass is 10.1. The van der Waals surface area contributed by atoms with Gasteiger partial charge in [-0.25, -0.2) is 0 Å². The lowest BCUT2D eigenvalue weighted by Crippen LogP contribution is -2.38. The third-order valence-corrected chi connectivity index (χ3v) is 3.22. The normalized spacial score (nSPS) is 19.6. The minimum absolute atomic E-state index is 0.104. The molecule has 2 atom stereocenters. The van der Waals surface area contributed by atoms with E-state index < -0.39 is 0 Å². The van der Waals surface area contributed by atoms with Crippen molar-refractivity contribution >= 4 is 5.91 Å². The maximum atomic E-state index is 12.1. The first-order valence-electron chi connectivity index (χ1n) is 6.54. The molecule has 0 aliphatic carbocycles. The third kappa shape index (κ3) is 5.21. The molecule has 19 heavy (non-hydrogen) atoms. The van der Waals surface area contributed by atoms with Crippen molar-refractivity contribution in [2.75, 3.05) is 19.8 Å². The number of azide groups is 1. The summed E-state index contributed by atoms with van der Waals surface area (Å²) in [4.78, 5) is 16.7. The van der Waals surface area contributed by atoms with Crippen LogP contribution < -0.4 is 0 Å². The van der Waals surface area contributed by atoms with Gasteiger partial charge in [-0.1, -0.05) is 18.0 Å². The number of ether oxygens (including phenoxy) is 1. The van der Waals surface area contributed by atoms with Gasteiger partial charge in [0.25, 0.3) is 0 Å². The van der Waals surface area contributed by atoms with Gasteiger partial charge in [0.05, 0.1) is 12.6 Å². The molecule has 1 fully saturated rings. The maximum Gasteiger partial charge on any atom is 0.222 e. The van der Waals surface area contributed by atoms with E-state index in [9.17, 15) is 4.79 Å². The Labute approximate surface area is 113 Å². The van der Waals surface area contributed by atoms with Gasteiger partial charge >= 0.3 is 0 Å². The molecule has 0 aromatic rings. The minimum Gasteiger partial charge on any atom is -0.367 e. The van der Waals surface area contributed by atoms with E-state index in [1.54, 1.807) is 0 Å². The number of nitrogens with zero attached hydrogens (tertiary/aromatic N) is 4. The van der Waals surface area contributed by atoms with Gasteiger partial charge in [-0.05, 0) is 24.8 Å². The van der Waals surface area contributed by atoms with E-state index in [0.717, 1.165) is 19.4 Å². The summed E-state index contributed by atoms with van der Waals surface area (Å²) < 4.78 is 5.31. The zero-order valence-electron chi connectivity index (χ0n) is 11.3. The Bertz CT molecular complexity index is 385. The fraction of sp³-hybridized carbons (Fsp3) is 0.769. The molecule has 0 aromatic heterocycles. The first-order chi connectivity index (χ1) is 9.19. The summed E-state index contributed by atoms with van der Waals surface area (Å²) in [5, 5.41) is 3.57. The fourth-order valence-corrected chi connectivity index (χ4v) is 2.21. The van der Waals surface area contributed by atoms with E-state index in [1.165, 1.54) is 0 Å². The summed E-state index contributed by atoms with van der Waals surface area (Å²) >= 11 is 0. The van der Waals surface area contributed by atoms with Crippen molar-refractivity contribution in [3.8, 4) is 12.3 Å². The van der Waals surface area contributed by atoms with Crippen LogP contribution in [0.4, 0.5) is 0 Å². The van der Waals surface area contributed by atoms with E-state index in [2.05, 4.69) is 15.9 Å². The number of carbonyl (C=O) groups excluding carboxylic acids is 1. The highest BCUT2D eigenvalue weighted by Gasteiger charge is 2.28. The number of carbonyl (C=O) groups is 1. The molecular weight excluding hydrogens is 244 g/mol. The number of hydrogen-bond acceptors (Lipinski definition) is 3. The highest BCUT2D eigenvalue weighted by molar-refractivity contribution is 5.76. The quantitative estimate of drug-likeness (QED) is 0.232. The van der Waals surface area contributed by atoms with Crippen LogP contribution in [0.15, 0.2) is 5.11 Å². The van der Waals surface area contributed by atoms with Crippen LogP contribution >= 0.6 is 0 Å². The summed E-state index contributed by atoms with van der Waals surface area (Å²) in [5.74, 6) is 2.52. The van der Waals surface area contributed by atoms with Gasteiger partial charge < -0.3 is 9.64 Å². The molecule has 0 radical (unpaired) electrons. The van der Waals surface area contributed by atoms with Crippen LogP contribution in [0.3, 0.4) is 0 Å². The largest absolute Gasteiger partial charge is 0.367 e. The minimum atomic E-state index is -0.146. The molecule has 2 unspecified atom stereocenters. The molecule has 1 amide bonds. The first-order valence-corrected chi connectivity index (χ1v) is 6.54.